The van der Waals surface area contributed by atoms with Crippen LogP contribution in [0.2, 0.25) is 0 Å². The Kier molecular flexibility index (Phi) is 6.37. The highest BCUT2D eigenvalue weighted by molar-refractivity contribution is 8.00. The third-order valence-electron chi connectivity index (χ3n) is 4.57. The van der Waals surface area contributed by atoms with Gasteiger partial charge in [0.25, 0.3) is 0 Å². The maximum Gasteiger partial charge on any atom is 0.354 e. The van der Waals surface area contributed by atoms with Gasteiger partial charge in [0, 0.05) is 0 Å². The Balaban J connectivity index is 1.98. The van der Waals surface area contributed by atoms with Crippen LogP contribution in [0.3, 0.4) is 0 Å². The normalized spacial score (nSPS) is 17.4. The number of ether oxygens (including phenoxy) is 1. The summed E-state index contributed by atoms with van der Waals surface area (Å²) < 4.78 is 4.97. The van der Waals surface area contributed by atoms with Crippen LogP contribution in [0.4, 0.5) is 0 Å². The highest BCUT2D eigenvalue weighted by atomic mass is 32.2. The van der Waals surface area contributed by atoms with Crippen molar-refractivity contribution in [3.63, 3.8) is 0 Å². The van der Waals surface area contributed by atoms with Crippen LogP contribution in [0.15, 0.2) is 66.4 Å². The molecule has 0 radical (unpaired) electrons. The van der Waals surface area contributed by atoms with Crippen molar-refractivity contribution >= 4 is 29.7 Å². The second-order valence-corrected chi connectivity index (χ2v) is 7.67. The molecule has 5 heteroatoms. The molecule has 3 rings (SSSR count). The van der Waals surface area contributed by atoms with Crippen molar-refractivity contribution in [2.24, 2.45) is 0 Å². The van der Waals surface area contributed by atoms with E-state index in [1.165, 1.54) is 18.9 Å². The average molecular weight is 394 g/mol. The van der Waals surface area contributed by atoms with Gasteiger partial charge in [-0.1, -0.05) is 66.2 Å². The Bertz CT molecular complexity index is 934. The molecule has 1 aliphatic rings. The SMILES string of the molecule is COC(=O)/C(=C/C=C/c1ccccc1)N1C(=O)CS[C@H]1c1cc(C)ccc1C. The molecule has 1 aliphatic heterocycles. The number of hydrogen-bond donors (Lipinski definition) is 0. The molecule has 2 aromatic rings. The summed E-state index contributed by atoms with van der Waals surface area (Å²) >= 11 is 1.52. The first-order chi connectivity index (χ1) is 13.5. The number of benzene rings is 2. The van der Waals surface area contributed by atoms with Gasteiger partial charge in [-0.25, -0.2) is 4.79 Å². The number of carbonyl (C=O) groups is 2. The second kappa shape index (κ2) is 8.93. The van der Waals surface area contributed by atoms with Crippen molar-refractivity contribution < 1.29 is 14.3 Å². The van der Waals surface area contributed by atoms with Gasteiger partial charge in [-0.3, -0.25) is 9.69 Å². The van der Waals surface area contributed by atoms with E-state index < -0.39 is 5.97 Å². The zero-order valence-electron chi connectivity index (χ0n) is 16.2. The molecule has 0 N–H and O–H groups in total. The molecular formula is C23H23NO3S. The van der Waals surface area contributed by atoms with Gasteiger partial charge in [0.2, 0.25) is 5.91 Å². The van der Waals surface area contributed by atoms with Gasteiger partial charge in [-0.05, 0) is 36.6 Å². The predicted molar refractivity (Wildman–Crippen MR) is 114 cm³/mol. The molecular weight excluding hydrogens is 370 g/mol. The number of aryl methyl sites for hydroxylation is 2. The standard InChI is InChI=1S/C23H23NO3S/c1-16-12-13-17(2)19(14-16)22-24(21(25)15-28-22)20(23(26)27-3)11-7-10-18-8-5-4-6-9-18/h4-14,22H,15H2,1-3H3/b10-7+,20-11-/t22-/m0/s1. The fourth-order valence-corrected chi connectivity index (χ4v) is 4.36. The first-order valence-electron chi connectivity index (χ1n) is 9.04. The molecule has 144 valence electrons. The molecule has 0 saturated carbocycles. The van der Waals surface area contributed by atoms with E-state index in [0.29, 0.717) is 5.75 Å². The van der Waals surface area contributed by atoms with Crippen LogP contribution < -0.4 is 0 Å². The van der Waals surface area contributed by atoms with Crippen LogP contribution in [0.1, 0.15) is 27.6 Å². The van der Waals surface area contributed by atoms with Crippen molar-refractivity contribution in [1.82, 2.24) is 4.90 Å². The fourth-order valence-electron chi connectivity index (χ4n) is 3.11. The zero-order valence-corrected chi connectivity index (χ0v) is 17.0. The van der Waals surface area contributed by atoms with E-state index in [1.807, 2.05) is 62.4 Å². The number of allylic oxidation sites excluding steroid dienone is 2. The summed E-state index contributed by atoms with van der Waals surface area (Å²) in [5, 5.41) is -0.247. The lowest BCUT2D eigenvalue weighted by atomic mass is 10.0. The molecule has 1 atom stereocenters. The Morgan fingerprint density at radius 1 is 1.18 bits per heavy atom. The van der Waals surface area contributed by atoms with E-state index >= 15 is 0 Å². The van der Waals surface area contributed by atoms with Crippen LogP contribution in [0, 0.1) is 13.8 Å². The molecule has 28 heavy (non-hydrogen) atoms. The van der Waals surface area contributed by atoms with Crippen molar-refractivity contribution in [2.75, 3.05) is 12.9 Å². The molecule has 0 unspecified atom stereocenters. The van der Waals surface area contributed by atoms with E-state index in [4.69, 9.17) is 4.74 Å². The second-order valence-electron chi connectivity index (χ2n) is 6.60. The fraction of sp³-hybridized carbons (Fsp3) is 0.217. The molecule has 2 aromatic carbocycles. The number of nitrogens with zero attached hydrogens (tertiary/aromatic N) is 1. The number of hydrogen-bond acceptors (Lipinski definition) is 4. The highest BCUT2D eigenvalue weighted by Gasteiger charge is 2.38. The Morgan fingerprint density at radius 2 is 1.93 bits per heavy atom. The summed E-state index contributed by atoms with van der Waals surface area (Å²) in [6.45, 7) is 4.04. The van der Waals surface area contributed by atoms with Crippen molar-refractivity contribution in [3.8, 4) is 0 Å². The maximum absolute atomic E-state index is 12.7. The first-order valence-corrected chi connectivity index (χ1v) is 10.1. The lowest BCUT2D eigenvalue weighted by molar-refractivity contribution is -0.141. The smallest absolute Gasteiger partial charge is 0.354 e. The number of rotatable bonds is 5. The Labute approximate surface area is 169 Å². The quantitative estimate of drug-likeness (QED) is 0.421. The van der Waals surface area contributed by atoms with E-state index in [-0.39, 0.29) is 17.0 Å². The van der Waals surface area contributed by atoms with Gasteiger partial charge >= 0.3 is 5.97 Å². The topological polar surface area (TPSA) is 46.6 Å². The van der Waals surface area contributed by atoms with Crippen LogP contribution in [-0.4, -0.2) is 29.6 Å². The lowest BCUT2D eigenvalue weighted by Gasteiger charge is -2.26. The number of methoxy groups -OCH3 is 1. The van der Waals surface area contributed by atoms with Crippen molar-refractivity contribution in [2.45, 2.75) is 19.2 Å². The first kappa shape index (κ1) is 20.0. The predicted octanol–water partition coefficient (Wildman–Crippen LogP) is 4.65. The molecule has 0 spiro atoms. The summed E-state index contributed by atoms with van der Waals surface area (Å²) in [4.78, 5) is 26.7. The minimum Gasteiger partial charge on any atom is -0.464 e. The Morgan fingerprint density at radius 3 is 2.64 bits per heavy atom. The number of thioether (sulfide) groups is 1. The molecule has 0 aromatic heterocycles. The number of amides is 1. The number of esters is 1. The zero-order chi connectivity index (χ0) is 20.1. The Hall–Kier alpha value is -2.79. The average Bonchev–Trinajstić information content (AvgIpc) is 3.08. The van der Waals surface area contributed by atoms with Crippen molar-refractivity contribution in [1.29, 1.82) is 0 Å². The van der Waals surface area contributed by atoms with Crippen LogP contribution in [-0.2, 0) is 14.3 Å². The van der Waals surface area contributed by atoms with Crippen LogP contribution >= 0.6 is 11.8 Å². The van der Waals surface area contributed by atoms with E-state index in [1.54, 1.807) is 17.1 Å². The van der Waals surface area contributed by atoms with Crippen molar-refractivity contribution in [3.05, 3.63) is 88.6 Å². The molecule has 4 nitrogen and oxygen atoms in total. The summed E-state index contributed by atoms with van der Waals surface area (Å²) in [7, 11) is 1.33. The van der Waals surface area contributed by atoms with E-state index in [0.717, 1.165) is 22.3 Å². The minimum absolute atomic E-state index is 0.0966. The third-order valence-corrected chi connectivity index (χ3v) is 5.76. The summed E-state index contributed by atoms with van der Waals surface area (Å²) in [6, 6.07) is 15.9. The monoisotopic (exact) mass is 393 g/mol. The summed E-state index contributed by atoms with van der Waals surface area (Å²) in [5.74, 6) is -0.293. The van der Waals surface area contributed by atoms with E-state index in [2.05, 4.69) is 6.07 Å². The van der Waals surface area contributed by atoms with Gasteiger partial charge in [0.05, 0.1) is 12.9 Å². The van der Waals surface area contributed by atoms with Gasteiger partial charge in [-0.2, -0.15) is 0 Å². The third kappa shape index (κ3) is 4.37. The molecule has 1 fully saturated rings. The molecule has 1 amide bonds. The molecule has 0 bridgehead atoms. The molecule has 0 aliphatic carbocycles. The largest absolute Gasteiger partial charge is 0.464 e. The summed E-state index contributed by atoms with van der Waals surface area (Å²) in [6.07, 6.45) is 5.32. The summed E-state index contributed by atoms with van der Waals surface area (Å²) in [5.41, 5.74) is 4.50. The van der Waals surface area contributed by atoms with Gasteiger partial charge in [0.1, 0.15) is 11.1 Å². The minimum atomic E-state index is -0.524. The van der Waals surface area contributed by atoms with Gasteiger partial charge in [0.15, 0.2) is 0 Å². The van der Waals surface area contributed by atoms with Gasteiger partial charge in [-0.15, -0.1) is 11.8 Å². The highest BCUT2D eigenvalue weighted by Crippen LogP contribution is 2.42. The lowest BCUT2D eigenvalue weighted by Crippen LogP contribution is -2.32. The van der Waals surface area contributed by atoms with Gasteiger partial charge < -0.3 is 4.74 Å². The number of carbonyl (C=O) groups excluding carboxylic acids is 2. The van der Waals surface area contributed by atoms with Crippen LogP contribution in [0.25, 0.3) is 6.08 Å². The molecule has 1 heterocycles. The maximum atomic E-state index is 12.7. The van der Waals surface area contributed by atoms with E-state index in [9.17, 15) is 9.59 Å². The van der Waals surface area contributed by atoms with Crippen LogP contribution in [0.5, 0.6) is 0 Å². The molecule has 1 saturated heterocycles.